The Morgan fingerprint density at radius 2 is 1.74 bits per heavy atom. The molecule has 5 atom stereocenters. The Morgan fingerprint density at radius 3 is 2.24 bits per heavy atom. The summed E-state index contributed by atoms with van der Waals surface area (Å²) in [5, 5.41) is 35.1. The van der Waals surface area contributed by atoms with Gasteiger partial charge in [-0.25, -0.2) is 9.78 Å². The molecule has 0 fully saturated rings. The monoisotopic (exact) mass is 502 g/mol. The Hall–Kier alpha value is -3.17. The maximum atomic E-state index is 12.7. The number of carboxylic acids is 2. The number of aromatic nitrogens is 2. The van der Waals surface area contributed by atoms with Crippen LogP contribution in [0.15, 0.2) is 12.5 Å². The number of rotatable bonds is 15. The number of aliphatic hydroxyl groups is 1. The standard InChI is InChI=1S/C19H30N6O8S/c1-9(26)15(25-16(29)11(20)3-4-34-2)18(31)23-12(6-14(27)28)17(30)24-13(19(32)33)5-10-7-21-8-22-10/h7-9,11-13,15,26H,3-6,20H2,1-2H3,(H,21,22)(H,23,31)(H,24,30)(H,25,29)(H,27,28)(H,32,33). The van der Waals surface area contributed by atoms with Crippen molar-refractivity contribution in [3.05, 3.63) is 18.2 Å². The summed E-state index contributed by atoms with van der Waals surface area (Å²) in [5.41, 5.74) is 6.17. The number of aliphatic hydroxyl groups excluding tert-OH is 1. The van der Waals surface area contributed by atoms with Gasteiger partial charge >= 0.3 is 11.9 Å². The molecule has 190 valence electrons. The number of carbonyl (C=O) groups excluding carboxylic acids is 3. The van der Waals surface area contributed by atoms with Gasteiger partial charge < -0.3 is 42.0 Å². The number of thioether (sulfide) groups is 1. The minimum Gasteiger partial charge on any atom is -0.481 e. The van der Waals surface area contributed by atoms with Gasteiger partial charge in [-0.3, -0.25) is 19.2 Å². The highest BCUT2D eigenvalue weighted by Crippen LogP contribution is 2.04. The van der Waals surface area contributed by atoms with E-state index < -0.39 is 66.4 Å². The minimum absolute atomic E-state index is 0.172. The molecule has 9 N–H and O–H groups in total. The first kappa shape index (κ1) is 28.9. The lowest BCUT2D eigenvalue weighted by molar-refractivity contribution is -0.143. The Bertz CT molecular complexity index is 850. The van der Waals surface area contributed by atoms with Crippen LogP contribution in [-0.4, -0.2) is 97.2 Å². The summed E-state index contributed by atoms with van der Waals surface area (Å²) in [4.78, 5) is 66.8. The summed E-state index contributed by atoms with van der Waals surface area (Å²) < 4.78 is 0. The van der Waals surface area contributed by atoms with Gasteiger partial charge in [0.25, 0.3) is 0 Å². The van der Waals surface area contributed by atoms with Gasteiger partial charge in [-0.05, 0) is 25.4 Å². The van der Waals surface area contributed by atoms with Gasteiger partial charge in [0, 0.05) is 18.3 Å². The highest BCUT2D eigenvalue weighted by molar-refractivity contribution is 7.98. The molecule has 0 bridgehead atoms. The summed E-state index contributed by atoms with van der Waals surface area (Å²) in [6, 6.07) is -5.60. The van der Waals surface area contributed by atoms with Crippen LogP contribution < -0.4 is 21.7 Å². The molecule has 0 aliphatic heterocycles. The maximum absolute atomic E-state index is 12.7. The Kier molecular flexibility index (Phi) is 12.0. The van der Waals surface area contributed by atoms with Crippen LogP contribution in [0.2, 0.25) is 0 Å². The van der Waals surface area contributed by atoms with E-state index >= 15 is 0 Å². The lowest BCUT2D eigenvalue weighted by Gasteiger charge is -2.26. The van der Waals surface area contributed by atoms with E-state index in [-0.39, 0.29) is 6.42 Å². The Labute approximate surface area is 199 Å². The van der Waals surface area contributed by atoms with Crippen LogP contribution in [0.5, 0.6) is 0 Å². The summed E-state index contributed by atoms with van der Waals surface area (Å²) in [6.45, 7) is 1.22. The lowest BCUT2D eigenvalue weighted by Crippen LogP contribution is -2.60. The van der Waals surface area contributed by atoms with Gasteiger partial charge in [0.2, 0.25) is 17.7 Å². The van der Waals surface area contributed by atoms with E-state index in [1.165, 1.54) is 31.2 Å². The van der Waals surface area contributed by atoms with Crippen LogP contribution in [0, 0.1) is 0 Å². The molecular formula is C19H30N6O8S. The molecule has 0 aliphatic rings. The zero-order valence-corrected chi connectivity index (χ0v) is 19.5. The number of carbonyl (C=O) groups is 5. The summed E-state index contributed by atoms with van der Waals surface area (Å²) >= 11 is 1.47. The molecule has 0 spiro atoms. The maximum Gasteiger partial charge on any atom is 0.326 e. The number of aliphatic carboxylic acids is 2. The van der Waals surface area contributed by atoms with Gasteiger partial charge in [0.15, 0.2) is 0 Å². The van der Waals surface area contributed by atoms with E-state index in [2.05, 4.69) is 25.9 Å². The quantitative estimate of drug-likeness (QED) is 0.124. The van der Waals surface area contributed by atoms with Crippen molar-refractivity contribution < 1.29 is 39.3 Å². The fourth-order valence-electron chi connectivity index (χ4n) is 2.78. The number of imidazole rings is 1. The number of H-pyrrole nitrogens is 1. The second kappa shape index (κ2) is 14.2. The van der Waals surface area contributed by atoms with Crippen LogP contribution in [0.25, 0.3) is 0 Å². The predicted molar refractivity (Wildman–Crippen MR) is 121 cm³/mol. The fraction of sp³-hybridized carbons (Fsp3) is 0.579. The Morgan fingerprint density at radius 1 is 1.09 bits per heavy atom. The van der Waals surface area contributed by atoms with E-state index in [9.17, 15) is 34.2 Å². The first-order valence-electron chi connectivity index (χ1n) is 10.2. The number of nitrogens with zero attached hydrogens (tertiary/aromatic N) is 1. The molecule has 0 aliphatic carbocycles. The van der Waals surface area contributed by atoms with Crippen molar-refractivity contribution in [3.63, 3.8) is 0 Å². The number of carboxylic acid groups (broad SMARTS) is 2. The van der Waals surface area contributed by atoms with E-state index in [4.69, 9.17) is 10.8 Å². The number of aromatic amines is 1. The van der Waals surface area contributed by atoms with Crippen LogP contribution in [-0.2, 0) is 30.4 Å². The van der Waals surface area contributed by atoms with Crippen molar-refractivity contribution in [2.45, 2.75) is 56.5 Å². The van der Waals surface area contributed by atoms with E-state index in [0.29, 0.717) is 17.9 Å². The lowest BCUT2D eigenvalue weighted by atomic mass is 10.1. The summed E-state index contributed by atoms with van der Waals surface area (Å²) in [7, 11) is 0. The highest BCUT2D eigenvalue weighted by Gasteiger charge is 2.33. The number of nitrogens with two attached hydrogens (primary N) is 1. The van der Waals surface area contributed by atoms with Crippen LogP contribution in [0.1, 0.15) is 25.5 Å². The van der Waals surface area contributed by atoms with Crippen molar-refractivity contribution in [1.82, 2.24) is 25.9 Å². The van der Waals surface area contributed by atoms with E-state index in [1.54, 1.807) is 0 Å². The van der Waals surface area contributed by atoms with E-state index in [1.807, 2.05) is 6.26 Å². The first-order valence-corrected chi connectivity index (χ1v) is 11.6. The SMILES string of the molecule is CSCCC(N)C(=O)NC(C(=O)NC(CC(=O)O)C(=O)NC(Cc1cnc[nH]1)C(=O)O)C(C)O. The number of hydrogen-bond acceptors (Lipinski definition) is 9. The topological polar surface area (TPSA) is 237 Å². The average molecular weight is 503 g/mol. The molecule has 34 heavy (non-hydrogen) atoms. The second-order valence-electron chi connectivity index (χ2n) is 7.45. The van der Waals surface area contributed by atoms with Crippen LogP contribution in [0.3, 0.4) is 0 Å². The van der Waals surface area contributed by atoms with Gasteiger partial charge in [0.05, 0.1) is 24.9 Å². The third-order valence-electron chi connectivity index (χ3n) is 4.64. The molecule has 3 amide bonds. The predicted octanol–water partition coefficient (Wildman–Crippen LogP) is -2.57. The number of amides is 3. The number of nitrogens with one attached hydrogen (secondary N) is 4. The van der Waals surface area contributed by atoms with Crippen LogP contribution in [0.4, 0.5) is 0 Å². The highest BCUT2D eigenvalue weighted by atomic mass is 32.2. The van der Waals surface area contributed by atoms with Crippen molar-refractivity contribution in [2.75, 3.05) is 12.0 Å². The third kappa shape index (κ3) is 9.76. The molecule has 0 saturated heterocycles. The van der Waals surface area contributed by atoms with Crippen molar-refractivity contribution in [1.29, 1.82) is 0 Å². The molecule has 5 unspecified atom stereocenters. The minimum atomic E-state index is -1.68. The van der Waals surface area contributed by atoms with Crippen LogP contribution >= 0.6 is 11.8 Å². The van der Waals surface area contributed by atoms with Crippen molar-refractivity contribution >= 4 is 41.4 Å². The van der Waals surface area contributed by atoms with Gasteiger partial charge in [-0.2, -0.15) is 11.8 Å². The zero-order chi connectivity index (χ0) is 25.8. The molecule has 1 rings (SSSR count). The Balaban J connectivity index is 2.93. The molecule has 1 aromatic heterocycles. The third-order valence-corrected chi connectivity index (χ3v) is 5.28. The summed E-state index contributed by atoms with van der Waals surface area (Å²) in [6.07, 6.45) is 2.38. The molecule has 1 heterocycles. The van der Waals surface area contributed by atoms with Crippen molar-refractivity contribution in [3.8, 4) is 0 Å². The normalized spacial score (nSPS) is 15.3. The molecule has 1 aromatic rings. The first-order chi connectivity index (χ1) is 16.0. The average Bonchev–Trinajstić information content (AvgIpc) is 3.26. The van der Waals surface area contributed by atoms with Crippen molar-refractivity contribution in [2.24, 2.45) is 5.73 Å². The molecule has 14 nitrogen and oxygen atoms in total. The van der Waals surface area contributed by atoms with Gasteiger partial charge in [0.1, 0.15) is 18.1 Å². The van der Waals surface area contributed by atoms with Gasteiger partial charge in [-0.1, -0.05) is 0 Å². The molecule has 15 heteroatoms. The molecule has 0 saturated carbocycles. The summed E-state index contributed by atoms with van der Waals surface area (Å²) in [5.74, 6) is -5.07. The molecular weight excluding hydrogens is 472 g/mol. The number of hydrogen-bond donors (Lipinski definition) is 8. The van der Waals surface area contributed by atoms with E-state index in [0.717, 1.165) is 0 Å². The zero-order valence-electron chi connectivity index (χ0n) is 18.7. The fourth-order valence-corrected chi connectivity index (χ4v) is 3.27. The van der Waals surface area contributed by atoms with Gasteiger partial charge in [-0.15, -0.1) is 0 Å². The molecule has 0 radical (unpaired) electrons. The second-order valence-corrected chi connectivity index (χ2v) is 8.44. The largest absolute Gasteiger partial charge is 0.481 e. The smallest absolute Gasteiger partial charge is 0.326 e. The molecule has 0 aromatic carbocycles.